The summed E-state index contributed by atoms with van der Waals surface area (Å²) in [5.74, 6) is 0.583. The molecule has 0 aromatic heterocycles. The molecule has 4 N–H and O–H groups in total. The Bertz CT molecular complexity index is 1690. The van der Waals surface area contributed by atoms with Crippen molar-refractivity contribution in [3.05, 3.63) is 168 Å². The number of para-hydroxylation sites is 1. The summed E-state index contributed by atoms with van der Waals surface area (Å²) in [5.41, 5.74) is 21.1. The van der Waals surface area contributed by atoms with E-state index in [4.69, 9.17) is 5.73 Å². The standard InChI is InChI=1S/C40H40N4/c1-30-16-20-36(21-17-30)38-14-8-9-15-39(38)42-29-43-44(28-31-18-22-34(23-19-31)32-10-4-2-5-11-32)40(41)37-26-24-35(25-27-37)33-12-6-3-7-13-33/h2-16,18-27,30,40,42-43H,17,28-29,41H2,1H3. The van der Waals surface area contributed by atoms with Crippen LogP contribution in [-0.2, 0) is 6.54 Å². The van der Waals surface area contributed by atoms with Gasteiger partial charge in [-0.3, -0.25) is 0 Å². The normalized spacial score (nSPS) is 15.2. The van der Waals surface area contributed by atoms with Gasteiger partial charge in [-0.1, -0.05) is 153 Å². The van der Waals surface area contributed by atoms with E-state index >= 15 is 0 Å². The van der Waals surface area contributed by atoms with E-state index < -0.39 is 0 Å². The first-order valence-corrected chi connectivity index (χ1v) is 15.4. The largest absolute Gasteiger partial charge is 0.371 e. The van der Waals surface area contributed by atoms with Crippen LogP contribution in [-0.4, -0.2) is 11.7 Å². The molecule has 0 saturated heterocycles. The molecule has 6 rings (SSSR count). The minimum absolute atomic E-state index is 0.351. The third-order valence-corrected chi connectivity index (χ3v) is 8.22. The van der Waals surface area contributed by atoms with E-state index in [0.717, 1.165) is 17.7 Å². The first-order valence-electron chi connectivity index (χ1n) is 15.4. The molecule has 2 atom stereocenters. The highest BCUT2D eigenvalue weighted by atomic mass is 15.6. The van der Waals surface area contributed by atoms with Gasteiger partial charge < -0.3 is 11.1 Å². The smallest absolute Gasteiger partial charge is 0.0971 e. The Morgan fingerprint density at radius 2 is 1.27 bits per heavy atom. The van der Waals surface area contributed by atoms with Crippen molar-refractivity contribution in [3.63, 3.8) is 0 Å². The predicted octanol–water partition coefficient (Wildman–Crippen LogP) is 9.03. The molecule has 0 aliphatic heterocycles. The van der Waals surface area contributed by atoms with E-state index in [1.54, 1.807) is 0 Å². The maximum absolute atomic E-state index is 6.95. The lowest BCUT2D eigenvalue weighted by atomic mass is 9.93. The maximum Gasteiger partial charge on any atom is 0.0971 e. The van der Waals surface area contributed by atoms with Crippen LogP contribution in [0.15, 0.2) is 152 Å². The Labute approximate surface area is 261 Å². The monoisotopic (exact) mass is 576 g/mol. The molecule has 4 heteroatoms. The van der Waals surface area contributed by atoms with Gasteiger partial charge in [-0.05, 0) is 57.4 Å². The van der Waals surface area contributed by atoms with Crippen molar-refractivity contribution in [3.8, 4) is 22.3 Å². The van der Waals surface area contributed by atoms with Gasteiger partial charge in [-0.2, -0.15) is 0 Å². The second-order valence-electron chi connectivity index (χ2n) is 11.4. The van der Waals surface area contributed by atoms with Crippen LogP contribution in [0, 0.1) is 5.92 Å². The summed E-state index contributed by atoms with van der Waals surface area (Å²) in [7, 11) is 0. The highest BCUT2D eigenvalue weighted by molar-refractivity contribution is 5.82. The van der Waals surface area contributed by atoms with Gasteiger partial charge in [0.25, 0.3) is 0 Å². The van der Waals surface area contributed by atoms with Crippen LogP contribution >= 0.6 is 0 Å². The Hall–Kier alpha value is -4.74. The van der Waals surface area contributed by atoms with Gasteiger partial charge in [0, 0.05) is 17.8 Å². The number of anilines is 1. The molecule has 0 spiro atoms. The quantitative estimate of drug-likeness (QED) is 0.108. The summed E-state index contributed by atoms with van der Waals surface area (Å²) < 4.78 is 0. The van der Waals surface area contributed by atoms with Crippen molar-refractivity contribution in [1.29, 1.82) is 0 Å². The zero-order valence-electron chi connectivity index (χ0n) is 25.2. The van der Waals surface area contributed by atoms with Crippen molar-refractivity contribution in [2.24, 2.45) is 11.7 Å². The Balaban J connectivity index is 1.20. The molecular formula is C40H40N4. The first kappa shape index (κ1) is 29.3. The SMILES string of the molecule is CC1C=CC(c2ccccc2NCNN(Cc2ccc(-c3ccccc3)cc2)C(N)c2ccc(-c3ccccc3)cc2)=CC1. The molecule has 4 nitrogen and oxygen atoms in total. The lowest BCUT2D eigenvalue weighted by molar-refractivity contribution is 0.121. The average molecular weight is 577 g/mol. The molecule has 0 radical (unpaired) electrons. The van der Waals surface area contributed by atoms with Crippen molar-refractivity contribution in [1.82, 2.24) is 10.4 Å². The van der Waals surface area contributed by atoms with E-state index in [-0.39, 0.29) is 6.17 Å². The molecule has 1 aliphatic carbocycles. The van der Waals surface area contributed by atoms with Gasteiger partial charge in [0.2, 0.25) is 0 Å². The summed E-state index contributed by atoms with van der Waals surface area (Å²) >= 11 is 0. The molecule has 44 heavy (non-hydrogen) atoms. The lowest BCUT2D eigenvalue weighted by Crippen LogP contribution is -2.46. The molecule has 2 unspecified atom stereocenters. The van der Waals surface area contributed by atoms with Crippen LogP contribution in [0.1, 0.15) is 36.2 Å². The summed E-state index contributed by atoms with van der Waals surface area (Å²) in [4.78, 5) is 0. The Kier molecular flexibility index (Phi) is 9.44. The van der Waals surface area contributed by atoms with Crippen LogP contribution in [0.2, 0.25) is 0 Å². The van der Waals surface area contributed by atoms with Gasteiger partial charge in [-0.25, -0.2) is 10.4 Å². The van der Waals surface area contributed by atoms with E-state index in [1.807, 2.05) is 12.1 Å². The lowest BCUT2D eigenvalue weighted by Gasteiger charge is -2.30. The van der Waals surface area contributed by atoms with E-state index in [9.17, 15) is 0 Å². The fourth-order valence-corrected chi connectivity index (χ4v) is 5.62. The van der Waals surface area contributed by atoms with Gasteiger partial charge >= 0.3 is 0 Å². The molecule has 5 aromatic carbocycles. The zero-order valence-corrected chi connectivity index (χ0v) is 25.2. The molecular weight excluding hydrogens is 536 g/mol. The maximum atomic E-state index is 6.95. The summed E-state index contributed by atoms with van der Waals surface area (Å²) in [6, 6.07) is 46.7. The molecule has 220 valence electrons. The Morgan fingerprint density at radius 3 is 1.89 bits per heavy atom. The topological polar surface area (TPSA) is 53.3 Å². The number of benzene rings is 5. The molecule has 1 aliphatic rings. The van der Waals surface area contributed by atoms with Crippen LogP contribution in [0.4, 0.5) is 5.69 Å². The van der Waals surface area contributed by atoms with Gasteiger partial charge in [0.15, 0.2) is 0 Å². The number of hydrazine groups is 1. The number of hydrogen-bond donors (Lipinski definition) is 3. The fourth-order valence-electron chi connectivity index (χ4n) is 5.62. The van der Waals surface area contributed by atoms with Gasteiger partial charge in [0.05, 0.1) is 12.8 Å². The van der Waals surface area contributed by atoms with Gasteiger partial charge in [-0.15, -0.1) is 0 Å². The van der Waals surface area contributed by atoms with Gasteiger partial charge in [0.1, 0.15) is 0 Å². The highest BCUT2D eigenvalue weighted by Gasteiger charge is 2.18. The average Bonchev–Trinajstić information content (AvgIpc) is 3.09. The summed E-state index contributed by atoms with van der Waals surface area (Å²) in [6.45, 7) is 3.42. The van der Waals surface area contributed by atoms with E-state index in [1.165, 1.54) is 39.0 Å². The van der Waals surface area contributed by atoms with Crippen molar-refractivity contribution < 1.29 is 0 Å². The van der Waals surface area contributed by atoms with E-state index in [2.05, 4.69) is 162 Å². The first-order chi connectivity index (χ1) is 21.6. The molecule has 0 amide bonds. The molecule has 0 heterocycles. The molecule has 0 saturated carbocycles. The van der Waals surface area contributed by atoms with Crippen LogP contribution in [0.3, 0.4) is 0 Å². The van der Waals surface area contributed by atoms with Crippen LogP contribution in [0.5, 0.6) is 0 Å². The number of allylic oxidation sites excluding steroid dienone is 4. The number of nitrogens with two attached hydrogens (primary N) is 1. The Morgan fingerprint density at radius 1 is 0.705 bits per heavy atom. The van der Waals surface area contributed by atoms with E-state index in [0.29, 0.717) is 19.1 Å². The van der Waals surface area contributed by atoms with Crippen molar-refractivity contribution in [2.75, 3.05) is 12.0 Å². The molecule has 0 fully saturated rings. The highest BCUT2D eigenvalue weighted by Crippen LogP contribution is 2.29. The fraction of sp³-hybridized carbons (Fsp3) is 0.150. The van der Waals surface area contributed by atoms with Crippen molar-refractivity contribution in [2.45, 2.75) is 26.1 Å². The van der Waals surface area contributed by atoms with Crippen molar-refractivity contribution >= 4 is 11.3 Å². The minimum atomic E-state index is -0.351. The number of nitrogens with one attached hydrogen (secondary N) is 2. The number of hydrogen-bond acceptors (Lipinski definition) is 4. The summed E-state index contributed by atoms with van der Waals surface area (Å²) in [6.07, 6.45) is 7.57. The second-order valence-corrected chi connectivity index (χ2v) is 11.4. The number of rotatable bonds is 11. The predicted molar refractivity (Wildman–Crippen MR) is 185 cm³/mol. The van der Waals surface area contributed by atoms with Crippen LogP contribution < -0.4 is 16.5 Å². The zero-order chi connectivity index (χ0) is 30.1. The minimum Gasteiger partial charge on any atom is -0.371 e. The summed E-state index contributed by atoms with van der Waals surface area (Å²) in [5, 5.41) is 5.74. The second kappa shape index (κ2) is 14.2. The molecule has 5 aromatic rings. The third kappa shape index (κ3) is 7.24. The third-order valence-electron chi connectivity index (χ3n) is 8.22. The van der Waals surface area contributed by atoms with Crippen LogP contribution in [0.25, 0.3) is 27.8 Å². The molecule has 0 bridgehead atoms. The number of nitrogens with zero attached hydrogens (tertiary/aromatic N) is 1.